The Morgan fingerprint density at radius 2 is 1.11 bits per heavy atom. The van der Waals surface area contributed by atoms with Crippen LogP contribution in [-0.2, 0) is 10.1 Å². The molecule has 0 aliphatic rings. The smallest absolute Gasteiger partial charge is 0.261 e. The van der Waals surface area contributed by atoms with E-state index in [0.717, 1.165) is 5.75 Å². The number of hydrogen-bond donors (Lipinski definition) is 2. The van der Waals surface area contributed by atoms with E-state index in [0.29, 0.717) is 6.26 Å². The topological polar surface area (TPSA) is 54.4 Å². The molecule has 0 aliphatic heterocycles. The van der Waals surface area contributed by atoms with Gasteiger partial charge in [0.15, 0.2) is 0 Å². The molecule has 0 heterocycles. The summed E-state index contributed by atoms with van der Waals surface area (Å²) < 4.78 is 25.9. The first-order chi connectivity index (χ1) is 8.41. The van der Waals surface area contributed by atoms with Gasteiger partial charge in [0.25, 0.3) is 10.1 Å². The van der Waals surface area contributed by atoms with E-state index in [9.17, 15) is 8.42 Å². The third kappa shape index (κ3) is 36.0. The lowest BCUT2D eigenvalue weighted by Gasteiger charge is -2.00. The molecule has 0 amide bonds. The summed E-state index contributed by atoms with van der Waals surface area (Å²) in [5.41, 5.74) is 0. The zero-order valence-electron chi connectivity index (χ0n) is 11.9. The molecule has 0 aromatic heterocycles. The highest BCUT2D eigenvalue weighted by molar-refractivity contribution is 7.85. The van der Waals surface area contributed by atoms with Gasteiger partial charge in [0.1, 0.15) is 0 Å². The van der Waals surface area contributed by atoms with E-state index in [-0.39, 0.29) is 0 Å². The average Bonchev–Trinajstić information content (AvgIpc) is 2.25. The molecule has 0 radical (unpaired) electrons. The molecule has 0 bridgehead atoms. The highest BCUT2D eigenvalue weighted by atomic mass is 32.2. The van der Waals surface area contributed by atoms with E-state index in [2.05, 4.69) is 19.6 Å². The Balaban J connectivity index is 0. The normalized spacial score (nSPS) is 10.9. The van der Waals surface area contributed by atoms with Gasteiger partial charge in [0, 0.05) is 0 Å². The molecule has 0 fully saturated rings. The van der Waals surface area contributed by atoms with Gasteiger partial charge >= 0.3 is 0 Å². The third-order valence-electron chi connectivity index (χ3n) is 2.51. The van der Waals surface area contributed by atoms with Crippen LogP contribution < -0.4 is 0 Å². The molecule has 0 spiro atoms. The lowest BCUT2D eigenvalue weighted by molar-refractivity contribution is 0.490. The molecule has 0 saturated carbocycles. The van der Waals surface area contributed by atoms with Gasteiger partial charge in [-0.25, -0.2) is 0 Å². The highest BCUT2D eigenvalue weighted by Crippen LogP contribution is 2.10. The second kappa shape index (κ2) is 15.3. The summed E-state index contributed by atoms with van der Waals surface area (Å²) in [6, 6.07) is 0. The molecule has 0 rings (SSSR count). The summed E-state index contributed by atoms with van der Waals surface area (Å²) in [5, 5.41) is 0. The first-order valence-electron chi connectivity index (χ1n) is 6.95. The molecule has 0 aromatic carbocycles. The highest BCUT2D eigenvalue weighted by Gasteiger charge is 1.91. The van der Waals surface area contributed by atoms with Crippen molar-refractivity contribution in [1.29, 1.82) is 0 Å². The van der Waals surface area contributed by atoms with E-state index in [1.165, 1.54) is 64.2 Å². The van der Waals surface area contributed by atoms with E-state index >= 15 is 0 Å². The largest absolute Gasteiger partial charge is 0.286 e. The Kier molecular flexibility index (Phi) is 17.5. The predicted molar refractivity (Wildman–Crippen MR) is 83.2 cm³/mol. The van der Waals surface area contributed by atoms with Crippen molar-refractivity contribution in [3.05, 3.63) is 0 Å². The summed E-state index contributed by atoms with van der Waals surface area (Å²) >= 11 is 4.20. The Hall–Kier alpha value is 0.260. The fourth-order valence-electron chi connectivity index (χ4n) is 1.60. The summed E-state index contributed by atoms with van der Waals surface area (Å²) in [6.45, 7) is 2.28. The van der Waals surface area contributed by atoms with E-state index in [1.807, 2.05) is 0 Å². The molecule has 112 valence electrons. The Morgan fingerprint density at radius 1 is 0.833 bits per heavy atom. The lowest BCUT2D eigenvalue weighted by Crippen LogP contribution is -1.88. The first kappa shape index (κ1) is 20.6. The van der Waals surface area contributed by atoms with Gasteiger partial charge in [-0.2, -0.15) is 21.0 Å². The Morgan fingerprint density at radius 3 is 1.39 bits per heavy atom. The molecule has 0 atom stereocenters. The number of hydrogen-bond acceptors (Lipinski definition) is 3. The summed E-state index contributed by atoms with van der Waals surface area (Å²) in [5.74, 6) is 1.07. The minimum Gasteiger partial charge on any atom is -0.286 e. The van der Waals surface area contributed by atoms with E-state index in [1.54, 1.807) is 0 Å². The first-order valence-corrected chi connectivity index (χ1v) is 9.43. The van der Waals surface area contributed by atoms with Gasteiger partial charge < -0.3 is 0 Å². The standard InChI is InChI=1S/C12H26S.CH4O3S/c1-2-3-4-5-6-7-8-9-10-11-12-13;1-5(2,3)4/h13H,2-12H2,1H3;1H3,(H,2,3,4). The van der Waals surface area contributed by atoms with Gasteiger partial charge in [-0.1, -0.05) is 64.7 Å². The van der Waals surface area contributed by atoms with Crippen LogP contribution in [0.1, 0.15) is 71.1 Å². The molecule has 0 saturated heterocycles. The fraction of sp³-hybridized carbons (Fsp3) is 1.00. The molecule has 18 heavy (non-hydrogen) atoms. The van der Waals surface area contributed by atoms with E-state index < -0.39 is 10.1 Å². The van der Waals surface area contributed by atoms with Crippen molar-refractivity contribution in [1.82, 2.24) is 0 Å². The van der Waals surface area contributed by atoms with Crippen LogP contribution in [0.3, 0.4) is 0 Å². The van der Waals surface area contributed by atoms with Gasteiger partial charge in [0.2, 0.25) is 0 Å². The monoisotopic (exact) mass is 298 g/mol. The second-order valence-corrected chi connectivity index (χ2v) is 6.55. The predicted octanol–water partition coefficient (Wildman–Crippen LogP) is 4.34. The Labute approximate surface area is 119 Å². The molecule has 0 unspecified atom stereocenters. The fourth-order valence-corrected chi connectivity index (χ4v) is 1.82. The molecule has 5 heteroatoms. The quantitative estimate of drug-likeness (QED) is 0.358. The molecular weight excluding hydrogens is 268 g/mol. The van der Waals surface area contributed by atoms with Crippen LogP contribution in [0.4, 0.5) is 0 Å². The van der Waals surface area contributed by atoms with Crippen LogP contribution in [-0.4, -0.2) is 25.0 Å². The number of thiol groups is 1. The van der Waals surface area contributed by atoms with Crippen molar-refractivity contribution in [3.63, 3.8) is 0 Å². The number of rotatable bonds is 10. The molecule has 0 aromatic rings. The van der Waals surface area contributed by atoms with Crippen LogP contribution in [0.25, 0.3) is 0 Å². The van der Waals surface area contributed by atoms with Crippen molar-refractivity contribution >= 4 is 22.7 Å². The molecular formula is C13H30O3S2. The summed E-state index contributed by atoms with van der Waals surface area (Å²) in [7, 11) is -3.67. The van der Waals surface area contributed by atoms with Crippen molar-refractivity contribution in [3.8, 4) is 0 Å². The number of unbranched alkanes of at least 4 members (excludes halogenated alkanes) is 9. The minimum atomic E-state index is -3.67. The van der Waals surface area contributed by atoms with Gasteiger partial charge in [-0.15, -0.1) is 0 Å². The maximum Gasteiger partial charge on any atom is 0.261 e. The lowest BCUT2D eigenvalue weighted by atomic mass is 10.1. The summed E-state index contributed by atoms with van der Waals surface area (Å²) in [6.07, 6.45) is 14.9. The SMILES string of the molecule is CCCCCCCCCCCCS.CS(=O)(=O)O. The van der Waals surface area contributed by atoms with Crippen LogP contribution >= 0.6 is 12.6 Å². The molecule has 3 nitrogen and oxygen atoms in total. The van der Waals surface area contributed by atoms with Gasteiger partial charge in [-0.05, 0) is 12.2 Å². The van der Waals surface area contributed by atoms with Crippen LogP contribution in [0.5, 0.6) is 0 Å². The zero-order chi connectivity index (χ0) is 14.3. The van der Waals surface area contributed by atoms with Crippen molar-refractivity contribution in [2.24, 2.45) is 0 Å². The molecule has 0 aliphatic carbocycles. The minimum absolute atomic E-state index is 0.715. The third-order valence-corrected chi connectivity index (χ3v) is 2.83. The van der Waals surface area contributed by atoms with Gasteiger partial charge in [0.05, 0.1) is 6.26 Å². The zero-order valence-corrected chi connectivity index (χ0v) is 13.6. The van der Waals surface area contributed by atoms with Crippen LogP contribution in [0.15, 0.2) is 0 Å². The van der Waals surface area contributed by atoms with Crippen LogP contribution in [0, 0.1) is 0 Å². The van der Waals surface area contributed by atoms with E-state index in [4.69, 9.17) is 4.55 Å². The average molecular weight is 299 g/mol. The molecule has 1 N–H and O–H groups in total. The maximum absolute atomic E-state index is 9.19. The van der Waals surface area contributed by atoms with Crippen molar-refractivity contribution in [2.75, 3.05) is 12.0 Å². The van der Waals surface area contributed by atoms with Crippen LogP contribution in [0.2, 0.25) is 0 Å². The summed E-state index contributed by atoms with van der Waals surface area (Å²) in [4.78, 5) is 0. The second-order valence-electron chi connectivity index (χ2n) is 4.64. The van der Waals surface area contributed by atoms with Crippen molar-refractivity contribution < 1.29 is 13.0 Å². The maximum atomic E-state index is 9.19. The van der Waals surface area contributed by atoms with Crippen molar-refractivity contribution in [2.45, 2.75) is 71.1 Å². The van der Waals surface area contributed by atoms with Gasteiger partial charge in [-0.3, -0.25) is 4.55 Å². The Bertz CT molecular complexity index is 221.